The van der Waals surface area contributed by atoms with E-state index in [0.29, 0.717) is 51.8 Å². The number of rotatable bonds is 8. The minimum Gasteiger partial charge on any atom is -0.358 e. The van der Waals surface area contributed by atoms with E-state index >= 15 is 0 Å². The van der Waals surface area contributed by atoms with Crippen LogP contribution in [0.15, 0.2) is 46.4 Å². The number of hydrogen-bond acceptors (Lipinski definition) is 5. The summed E-state index contributed by atoms with van der Waals surface area (Å²) in [5.74, 6) is -0.504. The first-order valence-electron chi connectivity index (χ1n) is 13.1. The Balaban J connectivity index is 1.37. The Kier molecular flexibility index (Phi) is 7.82. The Hall–Kier alpha value is -3.18. The Morgan fingerprint density at radius 1 is 1.23 bits per heavy atom. The number of sulfonamides is 1. The molecule has 1 saturated heterocycles. The van der Waals surface area contributed by atoms with Gasteiger partial charge < -0.3 is 20.5 Å². The number of aromatic nitrogens is 1. The van der Waals surface area contributed by atoms with Crippen LogP contribution in [0.25, 0.3) is 11.6 Å². The fraction of sp³-hybridized carbons (Fsp3) is 0.357. The fourth-order valence-electron chi connectivity index (χ4n) is 5.30. The molecule has 9 nitrogen and oxygen atoms in total. The van der Waals surface area contributed by atoms with E-state index in [0.717, 1.165) is 25.2 Å². The third-order valence-electron chi connectivity index (χ3n) is 7.32. The molecule has 0 radical (unpaired) electrons. The van der Waals surface area contributed by atoms with Gasteiger partial charge in [0, 0.05) is 46.8 Å². The van der Waals surface area contributed by atoms with Crippen molar-refractivity contribution in [1.82, 2.24) is 19.9 Å². The first kappa shape index (κ1) is 27.4. The monoisotopic (exact) mass is 569 g/mol. The van der Waals surface area contributed by atoms with Crippen molar-refractivity contribution >= 4 is 50.8 Å². The van der Waals surface area contributed by atoms with Crippen molar-refractivity contribution in [2.75, 3.05) is 31.5 Å². The van der Waals surface area contributed by atoms with Crippen LogP contribution in [0.3, 0.4) is 0 Å². The molecule has 1 fully saturated rings. The largest absolute Gasteiger partial charge is 0.358 e. The van der Waals surface area contributed by atoms with Crippen molar-refractivity contribution in [3.63, 3.8) is 0 Å². The van der Waals surface area contributed by atoms with Gasteiger partial charge in [-0.25, -0.2) is 13.1 Å². The lowest BCUT2D eigenvalue weighted by atomic mass is 10.0. The van der Waals surface area contributed by atoms with Gasteiger partial charge in [-0.15, -0.1) is 0 Å². The first-order chi connectivity index (χ1) is 18.6. The van der Waals surface area contributed by atoms with Gasteiger partial charge in [0.05, 0.1) is 16.0 Å². The lowest BCUT2D eigenvalue weighted by Crippen LogP contribution is -2.34. The zero-order chi connectivity index (χ0) is 27.7. The van der Waals surface area contributed by atoms with Crippen molar-refractivity contribution in [3.05, 3.63) is 69.5 Å². The maximum absolute atomic E-state index is 13.1. The van der Waals surface area contributed by atoms with E-state index in [4.69, 9.17) is 11.6 Å². The van der Waals surface area contributed by atoms with Crippen LogP contribution in [0.2, 0.25) is 0 Å². The Morgan fingerprint density at radius 2 is 2.00 bits per heavy atom. The Bertz CT molecular complexity index is 1520. The van der Waals surface area contributed by atoms with E-state index in [-0.39, 0.29) is 16.7 Å². The lowest BCUT2D eigenvalue weighted by Gasteiger charge is -2.17. The van der Waals surface area contributed by atoms with Gasteiger partial charge in [-0.1, -0.05) is 17.7 Å². The summed E-state index contributed by atoms with van der Waals surface area (Å²) in [6.45, 7) is 7.19. The predicted octanol–water partition coefficient (Wildman–Crippen LogP) is 3.68. The summed E-state index contributed by atoms with van der Waals surface area (Å²) in [5.41, 5.74) is 3.91. The fourth-order valence-corrected chi connectivity index (χ4v) is 6.76. The molecule has 2 amide bonds. The number of H-pyrrole nitrogens is 1. The molecule has 5 rings (SSSR count). The molecule has 3 heterocycles. The maximum Gasteiger partial charge on any atom is 0.256 e. The van der Waals surface area contributed by atoms with E-state index in [1.54, 1.807) is 24.3 Å². The highest BCUT2D eigenvalue weighted by molar-refractivity contribution is 7.89. The average molecular weight is 570 g/mol. The zero-order valence-electron chi connectivity index (χ0n) is 21.9. The molecular formula is C28H32ClN5O4S. The number of nitrogens with one attached hydrogen (secondary N) is 4. The number of fused-ring (bicyclic) bond motifs is 1. The SMILES string of the molecule is Cc1[nH]c(/C=C2\C(=O)Nc3ccc(S(=O)(=O)NC4C=C(Cl)C=CC4)cc32)c(C)c1C(=O)NCCN1CCCC1. The number of anilines is 1. The van der Waals surface area contributed by atoms with Crippen molar-refractivity contribution < 1.29 is 18.0 Å². The number of carbonyl (C=O) groups is 2. The molecule has 39 heavy (non-hydrogen) atoms. The number of aryl methyl sites for hydroxylation is 1. The van der Waals surface area contributed by atoms with Gasteiger partial charge in [0.1, 0.15) is 0 Å². The highest BCUT2D eigenvalue weighted by atomic mass is 35.5. The van der Waals surface area contributed by atoms with Crippen molar-refractivity contribution in [2.24, 2.45) is 0 Å². The van der Waals surface area contributed by atoms with Crippen LogP contribution < -0.4 is 15.4 Å². The van der Waals surface area contributed by atoms with Crippen LogP contribution in [0.4, 0.5) is 5.69 Å². The number of allylic oxidation sites excluding steroid dienone is 2. The second-order valence-electron chi connectivity index (χ2n) is 10.1. The summed E-state index contributed by atoms with van der Waals surface area (Å²) in [5, 5.41) is 6.28. The van der Waals surface area contributed by atoms with Crippen LogP contribution in [-0.4, -0.2) is 62.3 Å². The predicted molar refractivity (Wildman–Crippen MR) is 153 cm³/mol. The molecule has 2 aliphatic heterocycles. The number of aromatic amines is 1. The molecule has 0 bridgehead atoms. The number of nitrogens with zero attached hydrogens (tertiary/aromatic N) is 1. The second kappa shape index (κ2) is 11.1. The van der Waals surface area contributed by atoms with Gasteiger partial charge in [0.2, 0.25) is 10.0 Å². The van der Waals surface area contributed by atoms with Gasteiger partial charge in [-0.05, 0) is 88.2 Å². The molecule has 2 aromatic rings. The van der Waals surface area contributed by atoms with Gasteiger partial charge in [-0.3, -0.25) is 9.59 Å². The highest BCUT2D eigenvalue weighted by Crippen LogP contribution is 2.35. The van der Waals surface area contributed by atoms with Crippen LogP contribution >= 0.6 is 11.6 Å². The minimum atomic E-state index is -3.87. The number of likely N-dealkylation sites (tertiary alicyclic amines) is 1. The first-order valence-corrected chi connectivity index (χ1v) is 14.9. The van der Waals surface area contributed by atoms with Crippen molar-refractivity contribution in [1.29, 1.82) is 0 Å². The average Bonchev–Trinajstić information content (AvgIpc) is 3.57. The molecular weight excluding hydrogens is 538 g/mol. The molecule has 1 atom stereocenters. The molecule has 1 aromatic carbocycles. The Morgan fingerprint density at radius 3 is 2.74 bits per heavy atom. The third kappa shape index (κ3) is 5.89. The molecule has 1 unspecified atom stereocenters. The van der Waals surface area contributed by atoms with Crippen LogP contribution in [0.5, 0.6) is 0 Å². The molecule has 4 N–H and O–H groups in total. The molecule has 0 saturated carbocycles. The standard InChI is InChI=1S/C28H32ClN5O4S/c1-17-25(31-18(2)26(17)28(36)30-10-13-34-11-3-4-12-34)16-23-22-15-21(8-9-24(22)32-27(23)35)39(37,38)33-20-7-5-6-19(29)14-20/h5-6,8-9,14-16,20,31,33H,3-4,7,10-13H2,1-2H3,(H,30,36)(H,32,35)/b23-16-. The topological polar surface area (TPSA) is 123 Å². The van der Waals surface area contributed by atoms with Crippen LogP contribution in [-0.2, 0) is 14.8 Å². The normalized spacial score (nSPS) is 20.3. The molecule has 3 aliphatic rings. The molecule has 0 spiro atoms. The van der Waals surface area contributed by atoms with E-state index in [9.17, 15) is 18.0 Å². The van der Waals surface area contributed by atoms with E-state index < -0.39 is 16.1 Å². The quantitative estimate of drug-likeness (QED) is 0.361. The van der Waals surface area contributed by atoms with Crippen molar-refractivity contribution in [3.8, 4) is 0 Å². The zero-order valence-corrected chi connectivity index (χ0v) is 23.5. The third-order valence-corrected chi connectivity index (χ3v) is 9.06. The van der Waals surface area contributed by atoms with Crippen molar-refractivity contribution in [2.45, 2.75) is 44.0 Å². The summed E-state index contributed by atoms with van der Waals surface area (Å²) in [4.78, 5) is 31.5. The van der Waals surface area contributed by atoms with E-state index in [1.807, 2.05) is 19.9 Å². The molecule has 206 valence electrons. The number of carbonyl (C=O) groups excluding carboxylic acids is 2. The lowest BCUT2D eigenvalue weighted by molar-refractivity contribution is -0.110. The Labute approximate surface area is 233 Å². The number of amides is 2. The maximum atomic E-state index is 13.1. The summed E-state index contributed by atoms with van der Waals surface area (Å²) >= 11 is 6.03. The van der Waals surface area contributed by atoms with E-state index in [1.165, 1.54) is 25.0 Å². The number of halogens is 1. The molecule has 11 heteroatoms. The molecule has 1 aliphatic carbocycles. The molecule has 1 aromatic heterocycles. The second-order valence-corrected chi connectivity index (χ2v) is 12.3. The highest BCUT2D eigenvalue weighted by Gasteiger charge is 2.29. The van der Waals surface area contributed by atoms with Gasteiger partial charge in [0.15, 0.2) is 0 Å². The summed E-state index contributed by atoms with van der Waals surface area (Å²) in [7, 11) is -3.87. The van der Waals surface area contributed by atoms with Crippen LogP contribution in [0, 0.1) is 13.8 Å². The number of benzene rings is 1. The summed E-state index contributed by atoms with van der Waals surface area (Å²) in [6, 6.07) is 4.07. The smallest absolute Gasteiger partial charge is 0.256 e. The summed E-state index contributed by atoms with van der Waals surface area (Å²) < 4.78 is 28.9. The summed E-state index contributed by atoms with van der Waals surface area (Å²) in [6.07, 6.45) is 9.75. The van der Waals surface area contributed by atoms with Gasteiger partial charge in [0.25, 0.3) is 11.8 Å². The van der Waals surface area contributed by atoms with Gasteiger partial charge >= 0.3 is 0 Å². The van der Waals surface area contributed by atoms with Crippen LogP contribution in [0.1, 0.15) is 52.1 Å². The number of hydrogen-bond donors (Lipinski definition) is 4. The van der Waals surface area contributed by atoms with Gasteiger partial charge in [-0.2, -0.15) is 0 Å². The minimum absolute atomic E-state index is 0.0418. The van der Waals surface area contributed by atoms with E-state index in [2.05, 4.69) is 25.2 Å².